The van der Waals surface area contributed by atoms with Gasteiger partial charge in [0, 0.05) is 5.92 Å². The van der Waals surface area contributed by atoms with Crippen molar-refractivity contribution < 1.29 is 0 Å². The third kappa shape index (κ3) is 1.44. The Morgan fingerprint density at radius 3 is 2.85 bits per heavy atom. The molecule has 0 spiro atoms. The lowest BCUT2D eigenvalue weighted by molar-refractivity contribution is 0.692. The highest BCUT2D eigenvalue weighted by Gasteiger charge is 2.07. The minimum atomic E-state index is 0.521. The molecule has 0 fully saturated rings. The number of aromatic nitrogens is 2. The molecule has 2 rings (SSSR count). The summed E-state index contributed by atoms with van der Waals surface area (Å²) < 4.78 is 0. The van der Waals surface area contributed by atoms with E-state index in [1.165, 1.54) is 0 Å². The van der Waals surface area contributed by atoms with Gasteiger partial charge in [-0.05, 0) is 18.6 Å². The van der Waals surface area contributed by atoms with Gasteiger partial charge in [-0.2, -0.15) is 0 Å². The summed E-state index contributed by atoms with van der Waals surface area (Å²) in [5.41, 5.74) is 2.20. The lowest BCUT2D eigenvalue weighted by atomic mass is 10.1. The molecule has 13 heavy (non-hydrogen) atoms. The maximum absolute atomic E-state index is 4.53. The zero-order valence-electron chi connectivity index (χ0n) is 8.04. The number of aromatic amines is 1. The quantitative estimate of drug-likeness (QED) is 0.744. The standard InChI is InChI=1S/C11H14N2/c1-3-8(2)11-12-9-6-4-5-7-10(9)13-11/h4-8H,3H2,1-2H3,(H,12,13)/t8-/m0/s1. The van der Waals surface area contributed by atoms with Crippen molar-refractivity contribution in [2.24, 2.45) is 0 Å². The molecule has 0 amide bonds. The SMILES string of the molecule is CC[C@H](C)c1nc2ccccc2[nH]1. The molecular formula is C11H14N2. The molecule has 1 heterocycles. The summed E-state index contributed by atoms with van der Waals surface area (Å²) in [7, 11) is 0. The van der Waals surface area contributed by atoms with E-state index < -0.39 is 0 Å². The van der Waals surface area contributed by atoms with E-state index in [2.05, 4.69) is 29.9 Å². The average Bonchev–Trinajstić information content (AvgIpc) is 2.59. The number of hydrogen-bond donors (Lipinski definition) is 1. The molecule has 2 heteroatoms. The van der Waals surface area contributed by atoms with E-state index in [9.17, 15) is 0 Å². The van der Waals surface area contributed by atoms with Crippen LogP contribution in [-0.2, 0) is 0 Å². The topological polar surface area (TPSA) is 28.7 Å². The van der Waals surface area contributed by atoms with Crippen molar-refractivity contribution in [2.45, 2.75) is 26.2 Å². The van der Waals surface area contributed by atoms with Gasteiger partial charge < -0.3 is 4.98 Å². The van der Waals surface area contributed by atoms with E-state index in [1.54, 1.807) is 0 Å². The van der Waals surface area contributed by atoms with Crippen LogP contribution in [-0.4, -0.2) is 9.97 Å². The van der Waals surface area contributed by atoms with E-state index >= 15 is 0 Å². The maximum Gasteiger partial charge on any atom is 0.110 e. The Hall–Kier alpha value is -1.31. The van der Waals surface area contributed by atoms with E-state index in [1.807, 2.05) is 18.2 Å². The number of hydrogen-bond acceptors (Lipinski definition) is 1. The van der Waals surface area contributed by atoms with E-state index in [0.717, 1.165) is 23.3 Å². The van der Waals surface area contributed by atoms with Crippen LogP contribution in [0.3, 0.4) is 0 Å². The Morgan fingerprint density at radius 1 is 1.38 bits per heavy atom. The summed E-state index contributed by atoms with van der Waals surface area (Å²) in [5.74, 6) is 1.62. The number of rotatable bonds is 2. The number of fused-ring (bicyclic) bond motifs is 1. The summed E-state index contributed by atoms with van der Waals surface area (Å²) in [4.78, 5) is 7.86. The molecule has 1 atom stereocenters. The van der Waals surface area contributed by atoms with Crippen LogP contribution in [0.2, 0.25) is 0 Å². The molecule has 0 saturated heterocycles. The van der Waals surface area contributed by atoms with Crippen LogP contribution >= 0.6 is 0 Å². The van der Waals surface area contributed by atoms with Crippen LogP contribution in [0.5, 0.6) is 0 Å². The number of nitrogens with zero attached hydrogens (tertiary/aromatic N) is 1. The minimum Gasteiger partial charge on any atom is -0.342 e. The molecule has 2 aromatic rings. The molecule has 1 aromatic carbocycles. The second-order valence-corrected chi connectivity index (χ2v) is 3.45. The zero-order chi connectivity index (χ0) is 9.26. The predicted octanol–water partition coefficient (Wildman–Crippen LogP) is 3.08. The van der Waals surface area contributed by atoms with Crippen LogP contribution in [0.4, 0.5) is 0 Å². The summed E-state index contributed by atoms with van der Waals surface area (Å²) >= 11 is 0. The Morgan fingerprint density at radius 2 is 2.15 bits per heavy atom. The van der Waals surface area contributed by atoms with Gasteiger partial charge in [0.1, 0.15) is 5.82 Å². The van der Waals surface area contributed by atoms with Gasteiger partial charge in [-0.1, -0.05) is 26.0 Å². The smallest absolute Gasteiger partial charge is 0.110 e. The van der Waals surface area contributed by atoms with E-state index in [4.69, 9.17) is 0 Å². The molecule has 0 aliphatic heterocycles. The molecule has 2 nitrogen and oxygen atoms in total. The fourth-order valence-electron chi connectivity index (χ4n) is 1.40. The third-order valence-corrected chi connectivity index (χ3v) is 2.49. The molecule has 0 aliphatic carbocycles. The molecule has 0 radical (unpaired) electrons. The highest BCUT2D eigenvalue weighted by molar-refractivity contribution is 5.74. The predicted molar refractivity (Wildman–Crippen MR) is 54.8 cm³/mol. The molecule has 1 aromatic heterocycles. The fourth-order valence-corrected chi connectivity index (χ4v) is 1.40. The van der Waals surface area contributed by atoms with Crippen molar-refractivity contribution >= 4 is 11.0 Å². The van der Waals surface area contributed by atoms with Crippen molar-refractivity contribution in [1.29, 1.82) is 0 Å². The highest BCUT2D eigenvalue weighted by atomic mass is 14.9. The number of H-pyrrole nitrogens is 1. The summed E-state index contributed by atoms with van der Waals surface area (Å²) in [6.07, 6.45) is 1.12. The number of benzene rings is 1. The van der Waals surface area contributed by atoms with Gasteiger partial charge in [-0.25, -0.2) is 4.98 Å². The second-order valence-electron chi connectivity index (χ2n) is 3.45. The molecule has 0 bridgehead atoms. The Kier molecular flexibility index (Phi) is 2.05. The van der Waals surface area contributed by atoms with Crippen LogP contribution in [0.25, 0.3) is 11.0 Å². The molecule has 68 valence electrons. The van der Waals surface area contributed by atoms with Crippen molar-refractivity contribution in [1.82, 2.24) is 9.97 Å². The van der Waals surface area contributed by atoms with Crippen molar-refractivity contribution in [2.75, 3.05) is 0 Å². The fraction of sp³-hybridized carbons (Fsp3) is 0.364. The molecule has 0 unspecified atom stereocenters. The Balaban J connectivity index is 2.49. The van der Waals surface area contributed by atoms with Gasteiger partial charge in [0.15, 0.2) is 0 Å². The summed E-state index contributed by atoms with van der Waals surface area (Å²) in [5, 5.41) is 0. The van der Waals surface area contributed by atoms with Crippen LogP contribution in [0.1, 0.15) is 32.0 Å². The van der Waals surface area contributed by atoms with Crippen LogP contribution < -0.4 is 0 Å². The first kappa shape index (κ1) is 8.30. The van der Waals surface area contributed by atoms with Crippen molar-refractivity contribution in [3.63, 3.8) is 0 Å². The second kappa shape index (κ2) is 3.21. The summed E-state index contributed by atoms with van der Waals surface area (Å²) in [6.45, 7) is 4.37. The van der Waals surface area contributed by atoms with Gasteiger partial charge in [0.2, 0.25) is 0 Å². The van der Waals surface area contributed by atoms with Gasteiger partial charge >= 0.3 is 0 Å². The first-order valence-corrected chi connectivity index (χ1v) is 4.76. The third-order valence-electron chi connectivity index (χ3n) is 2.49. The van der Waals surface area contributed by atoms with E-state index in [-0.39, 0.29) is 0 Å². The molecular weight excluding hydrogens is 160 g/mol. The van der Waals surface area contributed by atoms with E-state index in [0.29, 0.717) is 5.92 Å². The number of para-hydroxylation sites is 2. The Labute approximate surface area is 78.0 Å². The van der Waals surface area contributed by atoms with Crippen LogP contribution in [0, 0.1) is 0 Å². The molecule has 0 aliphatic rings. The van der Waals surface area contributed by atoms with Crippen molar-refractivity contribution in [3.8, 4) is 0 Å². The van der Waals surface area contributed by atoms with Crippen LogP contribution in [0.15, 0.2) is 24.3 Å². The first-order valence-electron chi connectivity index (χ1n) is 4.76. The van der Waals surface area contributed by atoms with Gasteiger partial charge in [0.05, 0.1) is 11.0 Å². The van der Waals surface area contributed by atoms with Crippen molar-refractivity contribution in [3.05, 3.63) is 30.1 Å². The normalized spacial score (nSPS) is 13.4. The number of imidazole rings is 1. The first-order chi connectivity index (χ1) is 6.31. The molecule has 0 saturated carbocycles. The van der Waals surface area contributed by atoms with Gasteiger partial charge in [0.25, 0.3) is 0 Å². The highest BCUT2D eigenvalue weighted by Crippen LogP contribution is 2.18. The zero-order valence-corrected chi connectivity index (χ0v) is 8.04. The average molecular weight is 174 g/mol. The van der Waals surface area contributed by atoms with Gasteiger partial charge in [-0.15, -0.1) is 0 Å². The lowest BCUT2D eigenvalue weighted by Crippen LogP contribution is -1.92. The largest absolute Gasteiger partial charge is 0.342 e. The lowest BCUT2D eigenvalue weighted by Gasteiger charge is -2.01. The Bertz CT molecular complexity index is 370. The monoisotopic (exact) mass is 174 g/mol. The minimum absolute atomic E-state index is 0.521. The van der Waals surface area contributed by atoms with Gasteiger partial charge in [-0.3, -0.25) is 0 Å². The number of nitrogens with one attached hydrogen (secondary N) is 1. The molecule has 1 N–H and O–H groups in total. The maximum atomic E-state index is 4.53. The summed E-state index contributed by atoms with van der Waals surface area (Å²) in [6, 6.07) is 8.15.